The molecule has 2 rings (SSSR count). The van der Waals surface area contributed by atoms with Crippen LogP contribution in [0.2, 0.25) is 0 Å². The summed E-state index contributed by atoms with van der Waals surface area (Å²) in [7, 11) is 0. The smallest absolute Gasteiger partial charge is 0.181 e. The Balaban J connectivity index is 2.78. The van der Waals surface area contributed by atoms with Gasteiger partial charge in [0, 0.05) is 5.37 Å². The van der Waals surface area contributed by atoms with Crippen molar-refractivity contribution in [2.75, 3.05) is 0 Å². The topological polar surface area (TPSA) is 54.5 Å². The Morgan fingerprint density at radius 2 is 2.45 bits per heavy atom. The first-order valence-corrected chi connectivity index (χ1v) is 3.48. The van der Waals surface area contributed by atoms with Crippen molar-refractivity contribution in [3.8, 4) is 0 Å². The molecule has 0 aromatic carbocycles. The summed E-state index contributed by atoms with van der Waals surface area (Å²) in [6.07, 6.45) is 3.12. The number of rotatable bonds is 1. The molecule has 54 valence electrons. The van der Waals surface area contributed by atoms with Crippen LogP contribution < -0.4 is 0 Å². The lowest BCUT2D eigenvalue weighted by atomic mass is 10.6. The molecule has 11 heavy (non-hydrogen) atoms. The molecule has 0 unspecified atom stereocenters. The highest BCUT2D eigenvalue weighted by Crippen LogP contribution is 2.03. The number of H-pyrrole nitrogens is 1. The molecular weight excluding hydrogens is 160 g/mol. The summed E-state index contributed by atoms with van der Waals surface area (Å²) in [5.74, 6) is 0.649. The molecule has 5 heteroatoms. The maximum atomic E-state index is 4.69. The second kappa shape index (κ2) is 2.35. The van der Waals surface area contributed by atoms with Crippen LogP contribution in [0.25, 0.3) is 11.2 Å². The molecular formula is C6H4N4S. The first-order chi connectivity index (χ1) is 5.40. The second-order valence-corrected chi connectivity index (χ2v) is 2.24. The van der Waals surface area contributed by atoms with E-state index in [1.807, 2.05) is 0 Å². The highest BCUT2D eigenvalue weighted by atomic mass is 32.1. The molecule has 0 saturated carbocycles. The van der Waals surface area contributed by atoms with Gasteiger partial charge in [-0.2, -0.15) is 0 Å². The fourth-order valence-electron chi connectivity index (χ4n) is 0.836. The molecule has 0 aliphatic carbocycles. The van der Waals surface area contributed by atoms with E-state index in [0.29, 0.717) is 11.5 Å². The lowest BCUT2D eigenvalue weighted by Crippen LogP contribution is -1.78. The van der Waals surface area contributed by atoms with E-state index in [2.05, 4.69) is 19.9 Å². The third kappa shape index (κ3) is 0.988. The molecule has 2 aromatic rings. The van der Waals surface area contributed by atoms with Gasteiger partial charge in [0.1, 0.15) is 17.7 Å². The van der Waals surface area contributed by atoms with Crippen molar-refractivity contribution >= 4 is 28.7 Å². The van der Waals surface area contributed by atoms with Gasteiger partial charge in [0.25, 0.3) is 0 Å². The molecule has 1 N–H and O–H groups in total. The quantitative estimate of drug-likeness (QED) is 0.630. The summed E-state index contributed by atoms with van der Waals surface area (Å²) in [5, 5.41) is 1.47. The van der Waals surface area contributed by atoms with Crippen LogP contribution in [-0.2, 0) is 0 Å². The first-order valence-electron chi connectivity index (χ1n) is 3.01. The predicted molar refractivity (Wildman–Crippen MR) is 44.4 cm³/mol. The maximum Gasteiger partial charge on any atom is 0.181 e. The van der Waals surface area contributed by atoms with Crippen LogP contribution in [0.1, 0.15) is 5.82 Å². The molecule has 0 atom stereocenters. The number of imidazole rings is 1. The van der Waals surface area contributed by atoms with Crippen LogP contribution in [0.5, 0.6) is 0 Å². The van der Waals surface area contributed by atoms with Gasteiger partial charge in [0.2, 0.25) is 0 Å². The monoisotopic (exact) mass is 164 g/mol. The average molecular weight is 164 g/mol. The Morgan fingerprint density at radius 3 is 3.18 bits per heavy atom. The van der Waals surface area contributed by atoms with E-state index in [4.69, 9.17) is 12.2 Å². The fourth-order valence-corrected chi connectivity index (χ4v) is 0.948. The average Bonchev–Trinajstić information content (AvgIpc) is 2.46. The van der Waals surface area contributed by atoms with Gasteiger partial charge < -0.3 is 4.98 Å². The van der Waals surface area contributed by atoms with Crippen molar-refractivity contribution in [1.29, 1.82) is 0 Å². The molecule has 2 aromatic heterocycles. The standard InChI is InChI=1S/C6H4N4S/c11-2-5-9-4-1-7-3-8-6(4)10-5/h1-3H,(H,7,8,9,10). The normalized spacial score (nSPS) is 10.2. The zero-order valence-corrected chi connectivity index (χ0v) is 6.30. The molecule has 0 saturated heterocycles. The van der Waals surface area contributed by atoms with E-state index < -0.39 is 0 Å². The Kier molecular flexibility index (Phi) is 1.36. The van der Waals surface area contributed by atoms with Gasteiger partial charge >= 0.3 is 0 Å². The number of fused-ring (bicyclic) bond motifs is 1. The Labute approximate surface area is 67.7 Å². The first kappa shape index (κ1) is 6.36. The molecule has 4 nitrogen and oxygen atoms in total. The van der Waals surface area contributed by atoms with Gasteiger partial charge in [0.15, 0.2) is 5.65 Å². The van der Waals surface area contributed by atoms with Crippen molar-refractivity contribution in [3.63, 3.8) is 0 Å². The summed E-state index contributed by atoms with van der Waals surface area (Å²) >= 11 is 4.69. The number of nitrogens with one attached hydrogen (secondary N) is 1. The Bertz CT molecular complexity index is 361. The van der Waals surface area contributed by atoms with Gasteiger partial charge in [-0.1, -0.05) is 12.2 Å². The summed E-state index contributed by atoms with van der Waals surface area (Å²) < 4.78 is 0. The Hall–Kier alpha value is -1.36. The number of hydrogen-bond acceptors (Lipinski definition) is 4. The fraction of sp³-hybridized carbons (Fsp3) is 0. The van der Waals surface area contributed by atoms with Crippen molar-refractivity contribution in [3.05, 3.63) is 18.3 Å². The summed E-state index contributed by atoms with van der Waals surface area (Å²) in [4.78, 5) is 14.8. The number of thiocarbonyl (C=S) groups is 1. The minimum Gasteiger partial charge on any atom is -0.335 e. The molecule has 0 radical (unpaired) electrons. The summed E-state index contributed by atoms with van der Waals surface area (Å²) in [6.45, 7) is 0. The van der Waals surface area contributed by atoms with Crippen LogP contribution in [0.15, 0.2) is 12.5 Å². The van der Waals surface area contributed by atoms with Gasteiger partial charge in [-0.15, -0.1) is 0 Å². The SMILES string of the molecule is S=Cc1nc2ncncc2[nH]1. The van der Waals surface area contributed by atoms with Gasteiger partial charge in [-0.25, -0.2) is 15.0 Å². The minimum absolute atomic E-state index is 0.649. The van der Waals surface area contributed by atoms with Crippen LogP contribution in [-0.4, -0.2) is 25.3 Å². The van der Waals surface area contributed by atoms with Crippen molar-refractivity contribution in [2.45, 2.75) is 0 Å². The molecule has 0 amide bonds. The molecule has 0 aliphatic heterocycles. The maximum absolute atomic E-state index is 4.69. The van der Waals surface area contributed by atoms with Crippen LogP contribution in [0.4, 0.5) is 0 Å². The van der Waals surface area contributed by atoms with Crippen molar-refractivity contribution in [1.82, 2.24) is 19.9 Å². The molecule has 0 aliphatic rings. The van der Waals surface area contributed by atoms with E-state index in [-0.39, 0.29) is 0 Å². The minimum atomic E-state index is 0.649. The number of nitrogens with zero attached hydrogens (tertiary/aromatic N) is 3. The summed E-state index contributed by atoms with van der Waals surface area (Å²) in [5.41, 5.74) is 1.46. The third-order valence-electron chi connectivity index (χ3n) is 1.29. The predicted octanol–water partition coefficient (Wildman–Crippen LogP) is 0.701. The van der Waals surface area contributed by atoms with Crippen LogP contribution in [0.3, 0.4) is 0 Å². The second-order valence-electron chi connectivity index (χ2n) is 2.00. The largest absolute Gasteiger partial charge is 0.335 e. The zero-order valence-electron chi connectivity index (χ0n) is 5.48. The number of aromatic nitrogens is 4. The van der Waals surface area contributed by atoms with E-state index in [1.54, 1.807) is 6.20 Å². The molecule has 0 spiro atoms. The number of aromatic amines is 1. The molecule has 0 bridgehead atoms. The molecule has 2 heterocycles. The third-order valence-corrected chi connectivity index (χ3v) is 1.52. The van der Waals surface area contributed by atoms with Gasteiger partial charge in [-0.3, -0.25) is 0 Å². The van der Waals surface area contributed by atoms with Gasteiger partial charge in [0.05, 0.1) is 6.20 Å². The summed E-state index contributed by atoms with van der Waals surface area (Å²) in [6, 6.07) is 0. The lowest BCUT2D eigenvalue weighted by Gasteiger charge is -1.80. The molecule has 0 fully saturated rings. The van der Waals surface area contributed by atoms with E-state index >= 15 is 0 Å². The zero-order chi connectivity index (χ0) is 7.68. The van der Waals surface area contributed by atoms with Crippen LogP contribution >= 0.6 is 12.2 Å². The van der Waals surface area contributed by atoms with E-state index in [9.17, 15) is 0 Å². The van der Waals surface area contributed by atoms with Crippen LogP contribution in [0, 0.1) is 0 Å². The van der Waals surface area contributed by atoms with Crippen molar-refractivity contribution in [2.24, 2.45) is 0 Å². The van der Waals surface area contributed by atoms with E-state index in [1.165, 1.54) is 11.7 Å². The lowest BCUT2D eigenvalue weighted by molar-refractivity contribution is 1.20. The number of hydrogen-bond donors (Lipinski definition) is 1. The van der Waals surface area contributed by atoms with E-state index in [0.717, 1.165) is 5.52 Å². The Morgan fingerprint density at radius 1 is 1.55 bits per heavy atom. The highest BCUT2D eigenvalue weighted by molar-refractivity contribution is 7.79. The van der Waals surface area contributed by atoms with Crippen molar-refractivity contribution < 1.29 is 0 Å². The van der Waals surface area contributed by atoms with Gasteiger partial charge in [-0.05, 0) is 0 Å². The highest BCUT2D eigenvalue weighted by Gasteiger charge is 1.98.